The number of aromatic amines is 1. The largest absolute Gasteiger partial charge is 0.299 e. The quantitative estimate of drug-likeness (QED) is 0.807. The Kier molecular flexibility index (Phi) is 3.82. The number of rotatable bonds is 4. The van der Waals surface area contributed by atoms with Crippen LogP contribution < -0.4 is 9.44 Å². The van der Waals surface area contributed by atoms with E-state index >= 15 is 0 Å². The summed E-state index contributed by atoms with van der Waals surface area (Å²) in [7, 11) is -3.60. The monoisotopic (exact) mass is 294 g/mol. The highest BCUT2D eigenvalue weighted by atomic mass is 32.2. The summed E-state index contributed by atoms with van der Waals surface area (Å²) in [6, 6.07) is 8.92. The van der Waals surface area contributed by atoms with Crippen LogP contribution in [-0.2, 0) is 10.2 Å². The molecule has 7 heteroatoms. The van der Waals surface area contributed by atoms with Crippen molar-refractivity contribution in [3.63, 3.8) is 0 Å². The molecule has 0 amide bonds. The summed E-state index contributed by atoms with van der Waals surface area (Å²) in [6.45, 7) is 5.35. The molecule has 2 rings (SSSR count). The average molecular weight is 294 g/mol. The van der Waals surface area contributed by atoms with Crippen LogP contribution in [0.25, 0.3) is 11.3 Å². The molecule has 0 fully saturated rings. The number of aromatic nitrogens is 2. The minimum absolute atomic E-state index is 0.494. The molecule has 0 spiro atoms. The lowest BCUT2D eigenvalue weighted by molar-refractivity contribution is 0.494. The highest BCUT2D eigenvalue weighted by Crippen LogP contribution is 2.21. The van der Waals surface area contributed by atoms with E-state index in [9.17, 15) is 8.42 Å². The Bertz CT molecular complexity index is 673. The van der Waals surface area contributed by atoms with Gasteiger partial charge in [-0.15, -0.1) is 0 Å². The van der Waals surface area contributed by atoms with Gasteiger partial charge in [0.2, 0.25) is 0 Å². The van der Waals surface area contributed by atoms with E-state index in [1.165, 1.54) is 0 Å². The minimum atomic E-state index is -3.60. The fourth-order valence-corrected chi connectivity index (χ4v) is 3.05. The third kappa shape index (κ3) is 4.07. The van der Waals surface area contributed by atoms with Crippen molar-refractivity contribution in [3.8, 4) is 11.3 Å². The second-order valence-corrected chi connectivity index (χ2v) is 6.92. The van der Waals surface area contributed by atoms with Crippen molar-refractivity contribution in [3.05, 3.63) is 36.5 Å². The molecular weight excluding hydrogens is 276 g/mol. The lowest BCUT2D eigenvalue weighted by Crippen LogP contribution is -2.43. The molecule has 1 aromatic carbocycles. The summed E-state index contributed by atoms with van der Waals surface area (Å²) in [5, 5.41) is 6.71. The van der Waals surface area contributed by atoms with Gasteiger partial charge in [0.15, 0.2) is 0 Å². The van der Waals surface area contributed by atoms with E-state index in [-0.39, 0.29) is 0 Å². The van der Waals surface area contributed by atoms with Gasteiger partial charge < -0.3 is 0 Å². The third-order valence-corrected chi connectivity index (χ3v) is 3.75. The molecule has 3 N–H and O–H groups in total. The third-order valence-electron chi connectivity index (χ3n) is 2.37. The fourth-order valence-electron chi connectivity index (χ4n) is 1.75. The van der Waals surface area contributed by atoms with Gasteiger partial charge in [0.25, 0.3) is 10.2 Å². The standard InChI is InChI=1S/C13H18N4O2S/c1-13(2,3)17-20(18,19)16-11-6-4-5-10(9-11)12-7-8-14-15-12/h4-9,16-17H,1-3H3,(H,14,15). The molecule has 2 aromatic rings. The SMILES string of the molecule is CC(C)(C)NS(=O)(=O)Nc1cccc(-c2ccn[nH]2)c1. The van der Waals surface area contributed by atoms with E-state index < -0.39 is 15.7 Å². The van der Waals surface area contributed by atoms with Gasteiger partial charge in [-0.3, -0.25) is 9.82 Å². The molecule has 0 saturated heterocycles. The Morgan fingerprint density at radius 2 is 1.95 bits per heavy atom. The van der Waals surface area contributed by atoms with Crippen LogP contribution in [0.15, 0.2) is 36.5 Å². The smallest absolute Gasteiger partial charge is 0.278 e. The predicted octanol–water partition coefficient (Wildman–Crippen LogP) is 2.12. The molecule has 108 valence electrons. The molecule has 0 aliphatic carbocycles. The fraction of sp³-hybridized carbons (Fsp3) is 0.308. The van der Waals surface area contributed by atoms with Crippen LogP contribution >= 0.6 is 0 Å². The van der Waals surface area contributed by atoms with Crippen molar-refractivity contribution in [2.75, 3.05) is 4.72 Å². The summed E-state index contributed by atoms with van der Waals surface area (Å²) in [4.78, 5) is 0. The van der Waals surface area contributed by atoms with E-state index in [0.717, 1.165) is 11.3 Å². The Labute approximate surface area is 118 Å². The van der Waals surface area contributed by atoms with Crippen molar-refractivity contribution in [2.45, 2.75) is 26.3 Å². The van der Waals surface area contributed by atoms with Gasteiger partial charge in [-0.05, 0) is 39.0 Å². The van der Waals surface area contributed by atoms with Crippen molar-refractivity contribution in [1.29, 1.82) is 0 Å². The highest BCUT2D eigenvalue weighted by molar-refractivity contribution is 7.90. The maximum atomic E-state index is 12.0. The molecule has 0 saturated carbocycles. The molecule has 20 heavy (non-hydrogen) atoms. The molecule has 0 unspecified atom stereocenters. The average Bonchev–Trinajstić information content (AvgIpc) is 2.78. The highest BCUT2D eigenvalue weighted by Gasteiger charge is 2.19. The van der Waals surface area contributed by atoms with Gasteiger partial charge in [0, 0.05) is 17.3 Å². The van der Waals surface area contributed by atoms with Gasteiger partial charge in [0.1, 0.15) is 0 Å². The zero-order valence-electron chi connectivity index (χ0n) is 11.6. The van der Waals surface area contributed by atoms with Crippen LogP contribution in [0, 0.1) is 0 Å². The normalized spacial score (nSPS) is 12.3. The van der Waals surface area contributed by atoms with Crippen LogP contribution in [-0.4, -0.2) is 24.2 Å². The summed E-state index contributed by atoms with van der Waals surface area (Å²) < 4.78 is 29.0. The van der Waals surface area contributed by atoms with Gasteiger partial charge in [-0.2, -0.15) is 18.2 Å². The first kappa shape index (κ1) is 14.5. The first-order valence-corrected chi connectivity index (χ1v) is 7.65. The molecule has 0 atom stereocenters. The second kappa shape index (κ2) is 5.26. The Hall–Kier alpha value is -1.86. The molecular formula is C13H18N4O2S. The molecule has 0 radical (unpaired) electrons. The Morgan fingerprint density at radius 3 is 2.55 bits per heavy atom. The van der Waals surface area contributed by atoms with E-state index in [0.29, 0.717) is 5.69 Å². The van der Waals surface area contributed by atoms with Crippen LogP contribution in [0.4, 0.5) is 5.69 Å². The van der Waals surface area contributed by atoms with Crippen LogP contribution in [0.5, 0.6) is 0 Å². The summed E-state index contributed by atoms with van der Waals surface area (Å²) >= 11 is 0. The topological polar surface area (TPSA) is 86.9 Å². The first-order valence-electron chi connectivity index (χ1n) is 6.17. The number of benzene rings is 1. The Balaban J connectivity index is 2.21. The summed E-state index contributed by atoms with van der Waals surface area (Å²) in [5.41, 5.74) is 1.65. The van der Waals surface area contributed by atoms with Crippen molar-refractivity contribution in [1.82, 2.24) is 14.9 Å². The summed E-state index contributed by atoms with van der Waals surface area (Å²) in [5.74, 6) is 0. The molecule has 1 aromatic heterocycles. The molecule has 0 aliphatic heterocycles. The van der Waals surface area contributed by atoms with Gasteiger partial charge in [-0.1, -0.05) is 12.1 Å². The van der Waals surface area contributed by atoms with Gasteiger partial charge in [-0.25, -0.2) is 0 Å². The van der Waals surface area contributed by atoms with Gasteiger partial charge >= 0.3 is 0 Å². The van der Waals surface area contributed by atoms with Crippen molar-refractivity contribution >= 4 is 15.9 Å². The van der Waals surface area contributed by atoms with Crippen LogP contribution in [0.2, 0.25) is 0 Å². The van der Waals surface area contributed by atoms with E-state index in [2.05, 4.69) is 19.6 Å². The molecule has 0 aliphatic rings. The minimum Gasteiger partial charge on any atom is -0.278 e. The molecule has 0 bridgehead atoms. The number of H-pyrrole nitrogens is 1. The second-order valence-electron chi connectivity index (χ2n) is 5.51. The maximum Gasteiger partial charge on any atom is 0.299 e. The number of nitrogens with one attached hydrogen (secondary N) is 3. The van der Waals surface area contributed by atoms with Crippen molar-refractivity contribution in [2.24, 2.45) is 0 Å². The zero-order chi connectivity index (χ0) is 14.8. The number of hydrogen-bond donors (Lipinski definition) is 3. The number of hydrogen-bond acceptors (Lipinski definition) is 3. The van der Waals surface area contributed by atoms with Crippen LogP contribution in [0.1, 0.15) is 20.8 Å². The lowest BCUT2D eigenvalue weighted by Gasteiger charge is -2.21. The maximum absolute atomic E-state index is 12.0. The number of nitrogens with zero attached hydrogens (tertiary/aromatic N) is 1. The lowest BCUT2D eigenvalue weighted by atomic mass is 10.1. The van der Waals surface area contributed by atoms with Gasteiger partial charge in [0.05, 0.1) is 11.4 Å². The zero-order valence-corrected chi connectivity index (χ0v) is 12.5. The Morgan fingerprint density at radius 1 is 1.20 bits per heavy atom. The van der Waals surface area contributed by atoms with Crippen molar-refractivity contribution < 1.29 is 8.42 Å². The number of anilines is 1. The summed E-state index contributed by atoms with van der Waals surface area (Å²) in [6.07, 6.45) is 1.65. The molecule has 1 heterocycles. The van der Waals surface area contributed by atoms with E-state index in [1.54, 1.807) is 45.2 Å². The molecule has 6 nitrogen and oxygen atoms in total. The van der Waals surface area contributed by atoms with E-state index in [1.807, 2.05) is 12.1 Å². The van der Waals surface area contributed by atoms with E-state index in [4.69, 9.17) is 0 Å². The first-order chi connectivity index (χ1) is 9.25. The van der Waals surface area contributed by atoms with Crippen LogP contribution in [0.3, 0.4) is 0 Å². The predicted molar refractivity (Wildman–Crippen MR) is 79.5 cm³/mol.